The molecule has 3 aromatic rings. The number of hydrogen-bond donors (Lipinski definition) is 1. The third-order valence-corrected chi connectivity index (χ3v) is 8.29. The fraction of sp³-hybridized carbons (Fsp3) is 0.361. The lowest BCUT2D eigenvalue weighted by molar-refractivity contribution is -0.144. The number of methoxy groups -OCH3 is 1. The van der Waals surface area contributed by atoms with Crippen LogP contribution in [0.15, 0.2) is 72.3 Å². The lowest BCUT2D eigenvalue weighted by atomic mass is 9.93. The summed E-state index contributed by atoms with van der Waals surface area (Å²) in [6.07, 6.45) is 3.12. The summed E-state index contributed by atoms with van der Waals surface area (Å²) >= 11 is 0. The van der Waals surface area contributed by atoms with Crippen LogP contribution >= 0.6 is 0 Å². The SMILES string of the molecule is COc1c(C)c2c(c(NC(=O)N(c3ccccc3)c3ccccc3)c1C/C=C(\C)CCC(=O)OCCN1CCOCC1)C(=O)OC2. The van der Waals surface area contributed by atoms with Crippen molar-refractivity contribution in [3.05, 3.63) is 94.6 Å². The van der Waals surface area contributed by atoms with Crippen molar-refractivity contribution in [2.75, 3.05) is 56.8 Å². The van der Waals surface area contributed by atoms with Gasteiger partial charge in [0.25, 0.3) is 0 Å². The predicted molar refractivity (Wildman–Crippen MR) is 176 cm³/mol. The molecule has 1 fully saturated rings. The second-order valence-corrected chi connectivity index (χ2v) is 11.3. The van der Waals surface area contributed by atoms with Gasteiger partial charge in [0.2, 0.25) is 0 Å². The number of para-hydroxylation sites is 2. The minimum Gasteiger partial charge on any atom is -0.496 e. The summed E-state index contributed by atoms with van der Waals surface area (Å²) in [6, 6.07) is 18.2. The fourth-order valence-corrected chi connectivity index (χ4v) is 5.75. The summed E-state index contributed by atoms with van der Waals surface area (Å²) in [6.45, 7) is 8.10. The molecule has 3 aromatic carbocycles. The Morgan fingerprint density at radius 2 is 1.65 bits per heavy atom. The van der Waals surface area contributed by atoms with E-state index in [0.717, 1.165) is 24.2 Å². The van der Waals surface area contributed by atoms with Gasteiger partial charge >= 0.3 is 18.0 Å². The molecule has 10 nitrogen and oxygen atoms in total. The van der Waals surface area contributed by atoms with E-state index in [1.807, 2.05) is 80.6 Å². The maximum Gasteiger partial charge on any atom is 0.341 e. The molecule has 0 spiro atoms. The van der Waals surface area contributed by atoms with Crippen molar-refractivity contribution >= 4 is 35.0 Å². The Kier molecular flexibility index (Phi) is 11.1. The maximum atomic E-state index is 14.1. The normalized spacial score (nSPS) is 14.8. The summed E-state index contributed by atoms with van der Waals surface area (Å²) in [5.74, 6) is -0.168. The third kappa shape index (κ3) is 7.75. The van der Waals surface area contributed by atoms with E-state index in [4.69, 9.17) is 18.9 Å². The minimum atomic E-state index is -0.496. The number of fused-ring (bicyclic) bond motifs is 1. The molecule has 2 aliphatic rings. The van der Waals surface area contributed by atoms with E-state index >= 15 is 0 Å². The van der Waals surface area contributed by atoms with Crippen molar-refractivity contribution < 1.29 is 33.3 Å². The van der Waals surface area contributed by atoms with Gasteiger partial charge in [-0.05, 0) is 56.5 Å². The van der Waals surface area contributed by atoms with Crippen LogP contribution in [0, 0.1) is 6.92 Å². The van der Waals surface area contributed by atoms with E-state index < -0.39 is 12.0 Å². The summed E-state index contributed by atoms with van der Waals surface area (Å²) < 4.78 is 22.1. The zero-order chi connectivity index (χ0) is 32.5. The van der Waals surface area contributed by atoms with Crippen LogP contribution in [0.4, 0.5) is 21.9 Å². The van der Waals surface area contributed by atoms with Crippen molar-refractivity contribution in [1.29, 1.82) is 0 Å². The highest BCUT2D eigenvalue weighted by Gasteiger charge is 2.33. The van der Waals surface area contributed by atoms with Crippen LogP contribution in [0.25, 0.3) is 0 Å². The van der Waals surface area contributed by atoms with Gasteiger partial charge in [-0.1, -0.05) is 48.0 Å². The Hall–Kier alpha value is -4.67. The van der Waals surface area contributed by atoms with Gasteiger partial charge in [0.05, 0.1) is 42.9 Å². The van der Waals surface area contributed by atoms with Crippen molar-refractivity contribution in [3.8, 4) is 5.75 Å². The number of allylic oxidation sites excluding steroid dienone is 2. The predicted octanol–water partition coefficient (Wildman–Crippen LogP) is 6.19. The summed E-state index contributed by atoms with van der Waals surface area (Å²) in [7, 11) is 1.57. The smallest absolute Gasteiger partial charge is 0.341 e. The molecule has 46 heavy (non-hydrogen) atoms. The van der Waals surface area contributed by atoms with E-state index in [0.29, 0.717) is 78.7 Å². The Bertz CT molecular complexity index is 1530. The molecule has 0 radical (unpaired) electrons. The first-order valence-corrected chi connectivity index (χ1v) is 15.6. The quantitative estimate of drug-likeness (QED) is 0.187. The van der Waals surface area contributed by atoms with Gasteiger partial charge in [0, 0.05) is 37.2 Å². The molecular weight excluding hydrogens is 586 g/mol. The summed E-state index contributed by atoms with van der Waals surface area (Å²) in [4.78, 5) is 43.4. The first kappa shape index (κ1) is 32.7. The standard InChI is InChI=1S/C36H41N3O7/c1-25(15-17-31(40)45-23-20-38-18-21-44-22-19-38)14-16-29-33(32-30(24-46-35(32)41)26(2)34(29)43-3)37-36(42)39(27-10-6-4-7-11-27)28-12-8-5-9-13-28/h4-14H,15-24H2,1-3H3,(H,37,42)/b25-14+. The number of ether oxygens (including phenoxy) is 4. The van der Waals surface area contributed by atoms with E-state index in [1.165, 1.54) is 0 Å². The van der Waals surface area contributed by atoms with Crippen LogP contribution in [0.5, 0.6) is 5.75 Å². The first-order chi connectivity index (χ1) is 22.4. The number of cyclic esters (lactones) is 1. The van der Waals surface area contributed by atoms with Gasteiger partial charge in [-0.15, -0.1) is 0 Å². The summed E-state index contributed by atoms with van der Waals surface area (Å²) in [5.41, 5.74) is 5.12. The number of nitrogens with one attached hydrogen (secondary N) is 1. The Morgan fingerprint density at radius 3 is 2.28 bits per heavy atom. The van der Waals surface area contributed by atoms with E-state index in [9.17, 15) is 14.4 Å². The van der Waals surface area contributed by atoms with Gasteiger partial charge in [-0.3, -0.25) is 14.6 Å². The molecule has 242 valence electrons. The molecule has 2 amide bonds. The monoisotopic (exact) mass is 627 g/mol. The molecule has 0 saturated carbocycles. The molecule has 2 heterocycles. The highest BCUT2D eigenvalue weighted by atomic mass is 16.5. The maximum absolute atomic E-state index is 14.1. The molecule has 1 saturated heterocycles. The molecule has 0 atom stereocenters. The van der Waals surface area contributed by atoms with Crippen LogP contribution in [0.2, 0.25) is 0 Å². The molecule has 0 unspecified atom stereocenters. The topological polar surface area (TPSA) is 107 Å². The fourth-order valence-electron chi connectivity index (χ4n) is 5.75. The van der Waals surface area contributed by atoms with Gasteiger partial charge < -0.3 is 24.3 Å². The molecule has 2 aliphatic heterocycles. The van der Waals surface area contributed by atoms with Crippen molar-refractivity contribution in [2.24, 2.45) is 0 Å². The van der Waals surface area contributed by atoms with E-state index in [-0.39, 0.29) is 19.0 Å². The number of nitrogens with zero attached hydrogens (tertiary/aromatic N) is 2. The minimum absolute atomic E-state index is 0.100. The second-order valence-electron chi connectivity index (χ2n) is 11.3. The highest BCUT2D eigenvalue weighted by Crippen LogP contribution is 2.42. The Morgan fingerprint density at radius 1 is 1.00 bits per heavy atom. The average Bonchev–Trinajstić information content (AvgIpc) is 3.47. The zero-order valence-electron chi connectivity index (χ0n) is 26.7. The molecule has 0 aromatic heterocycles. The van der Waals surface area contributed by atoms with Crippen molar-refractivity contribution in [2.45, 2.75) is 39.7 Å². The lowest BCUT2D eigenvalue weighted by Gasteiger charge is -2.26. The molecule has 0 bridgehead atoms. The number of benzene rings is 3. The molecule has 10 heteroatoms. The molecular formula is C36H41N3O7. The van der Waals surface area contributed by atoms with E-state index in [2.05, 4.69) is 10.2 Å². The number of hydrogen-bond acceptors (Lipinski definition) is 8. The average molecular weight is 628 g/mol. The number of morpholine rings is 1. The number of carbonyl (C=O) groups excluding carboxylic acids is 3. The van der Waals surface area contributed by atoms with Crippen molar-refractivity contribution in [1.82, 2.24) is 4.90 Å². The summed E-state index contributed by atoms with van der Waals surface area (Å²) in [5, 5.41) is 3.06. The van der Waals surface area contributed by atoms with Crippen LogP contribution in [0.1, 0.15) is 46.8 Å². The third-order valence-electron chi connectivity index (χ3n) is 8.29. The number of carbonyl (C=O) groups is 3. The Labute approximate surface area is 269 Å². The van der Waals surface area contributed by atoms with Crippen LogP contribution < -0.4 is 15.0 Å². The van der Waals surface area contributed by atoms with Crippen LogP contribution in [0.3, 0.4) is 0 Å². The highest BCUT2D eigenvalue weighted by molar-refractivity contribution is 6.11. The molecule has 1 N–H and O–H groups in total. The first-order valence-electron chi connectivity index (χ1n) is 15.6. The largest absolute Gasteiger partial charge is 0.496 e. The number of anilines is 3. The van der Waals surface area contributed by atoms with Crippen LogP contribution in [-0.4, -0.2) is 69.4 Å². The van der Waals surface area contributed by atoms with Crippen LogP contribution in [-0.2, 0) is 32.0 Å². The van der Waals surface area contributed by atoms with Gasteiger partial charge in [0.15, 0.2) is 0 Å². The number of amides is 2. The Balaban J connectivity index is 1.36. The number of urea groups is 1. The molecule has 5 rings (SSSR count). The van der Waals surface area contributed by atoms with Crippen molar-refractivity contribution in [3.63, 3.8) is 0 Å². The van der Waals surface area contributed by atoms with Gasteiger partial charge in [0.1, 0.15) is 19.0 Å². The zero-order valence-corrected chi connectivity index (χ0v) is 26.7. The number of esters is 2. The lowest BCUT2D eigenvalue weighted by Crippen LogP contribution is -2.38. The van der Waals surface area contributed by atoms with E-state index in [1.54, 1.807) is 12.0 Å². The number of rotatable bonds is 12. The second kappa shape index (κ2) is 15.6. The van der Waals surface area contributed by atoms with Gasteiger partial charge in [-0.25, -0.2) is 9.59 Å². The molecule has 0 aliphatic carbocycles. The van der Waals surface area contributed by atoms with Gasteiger partial charge in [-0.2, -0.15) is 0 Å².